The second-order valence-corrected chi connectivity index (χ2v) is 5.63. The third-order valence-electron chi connectivity index (χ3n) is 3.36. The smallest absolute Gasteiger partial charge is 0.269 e. The number of rotatable bonds is 4. The molecule has 128 valence electrons. The molecule has 3 rings (SSSR count). The first-order chi connectivity index (χ1) is 12.0. The normalized spacial score (nSPS) is 10.7. The first-order valence-corrected chi connectivity index (χ1v) is 7.71. The van der Waals surface area contributed by atoms with Gasteiger partial charge in [0.2, 0.25) is 0 Å². The van der Waals surface area contributed by atoms with Gasteiger partial charge in [0, 0.05) is 11.1 Å². The number of ether oxygens (including phenoxy) is 1. The molecule has 0 aliphatic rings. The molecule has 0 radical (unpaired) electrons. The van der Waals surface area contributed by atoms with Crippen LogP contribution in [0.25, 0.3) is 11.0 Å². The van der Waals surface area contributed by atoms with Gasteiger partial charge < -0.3 is 4.74 Å². The van der Waals surface area contributed by atoms with Gasteiger partial charge in [0.25, 0.3) is 11.8 Å². The number of hydrogen-bond acceptors (Lipinski definition) is 5. The van der Waals surface area contributed by atoms with E-state index in [1.54, 1.807) is 42.5 Å². The molecule has 0 fully saturated rings. The highest BCUT2D eigenvalue weighted by molar-refractivity contribution is 6.00. The maximum Gasteiger partial charge on any atom is 0.269 e. The molecule has 0 aliphatic heterocycles. The number of nitrogens with zero attached hydrogens (tertiary/aromatic N) is 2. The molecule has 8 nitrogen and oxygen atoms in total. The fourth-order valence-electron chi connectivity index (χ4n) is 2.20. The summed E-state index contributed by atoms with van der Waals surface area (Å²) in [6, 6.07) is 11.5. The fraction of sp³-hybridized carbons (Fsp3) is 0.176. The van der Waals surface area contributed by atoms with Crippen molar-refractivity contribution < 1.29 is 14.3 Å². The van der Waals surface area contributed by atoms with Gasteiger partial charge in [-0.2, -0.15) is 15.4 Å². The summed E-state index contributed by atoms with van der Waals surface area (Å²) in [5.74, 6) is -0.193. The van der Waals surface area contributed by atoms with E-state index < -0.39 is 11.8 Å². The number of hydrogen-bond donors (Lipinski definition) is 3. The van der Waals surface area contributed by atoms with Crippen molar-refractivity contribution in [2.24, 2.45) is 0 Å². The lowest BCUT2D eigenvalue weighted by Crippen LogP contribution is -2.41. The van der Waals surface area contributed by atoms with Crippen molar-refractivity contribution in [3.05, 3.63) is 53.6 Å². The van der Waals surface area contributed by atoms with Crippen LogP contribution in [0.1, 0.15) is 34.6 Å². The maximum absolute atomic E-state index is 12.1. The predicted molar refractivity (Wildman–Crippen MR) is 91.0 cm³/mol. The molecule has 0 bridgehead atoms. The molecule has 0 atom stereocenters. The molecular weight excluding hydrogens is 322 g/mol. The van der Waals surface area contributed by atoms with Crippen LogP contribution in [0.3, 0.4) is 0 Å². The van der Waals surface area contributed by atoms with Crippen molar-refractivity contribution in [3.63, 3.8) is 0 Å². The number of H-pyrrole nitrogens is 1. The molecule has 1 aromatic heterocycles. The number of aromatic amines is 1. The first kappa shape index (κ1) is 16.4. The van der Waals surface area contributed by atoms with Crippen LogP contribution in [0.4, 0.5) is 0 Å². The van der Waals surface area contributed by atoms with Crippen LogP contribution in [0.5, 0.6) is 5.75 Å². The second-order valence-electron chi connectivity index (χ2n) is 5.63. The Labute approximate surface area is 143 Å². The number of amides is 2. The maximum atomic E-state index is 12.1. The van der Waals surface area contributed by atoms with Crippen molar-refractivity contribution in [2.45, 2.75) is 20.0 Å². The van der Waals surface area contributed by atoms with Crippen molar-refractivity contribution in [3.8, 4) is 5.75 Å². The Balaban J connectivity index is 1.60. The van der Waals surface area contributed by atoms with E-state index in [1.165, 1.54) is 0 Å². The predicted octanol–water partition coefficient (Wildman–Crippen LogP) is 1.82. The Morgan fingerprint density at radius 1 is 0.920 bits per heavy atom. The number of fused-ring (bicyclic) bond motifs is 1. The summed E-state index contributed by atoms with van der Waals surface area (Å²) >= 11 is 0. The van der Waals surface area contributed by atoms with E-state index in [0.29, 0.717) is 27.9 Å². The average molecular weight is 339 g/mol. The molecule has 2 amide bonds. The van der Waals surface area contributed by atoms with Gasteiger partial charge in [0.15, 0.2) is 0 Å². The van der Waals surface area contributed by atoms with Crippen LogP contribution in [0.2, 0.25) is 0 Å². The molecule has 25 heavy (non-hydrogen) atoms. The van der Waals surface area contributed by atoms with Crippen LogP contribution < -0.4 is 15.6 Å². The Morgan fingerprint density at radius 3 is 2.20 bits per heavy atom. The van der Waals surface area contributed by atoms with Crippen LogP contribution in [0.15, 0.2) is 42.5 Å². The van der Waals surface area contributed by atoms with E-state index in [9.17, 15) is 9.59 Å². The minimum atomic E-state index is -0.446. The van der Waals surface area contributed by atoms with Gasteiger partial charge in [-0.25, -0.2) is 0 Å². The monoisotopic (exact) mass is 339 g/mol. The van der Waals surface area contributed by atoms with E-state index in [0.717, 1.165) is 0 Å². The largest absolute Gasteiger partial charge is 0.491 e. The molecule has 8 heteroatoms. The van der Waals surface area contributed by atoms with Crippen molar-refractivity contribution in [2.75, 3.05) is 0 Å². The second kappa shape index (κ2) is 7.00. The Morgan fingerprint density at radius 2 is 1.52 bits per heavy atom. The molecule has 2 aromatic carbocycles. The van der Waals surface area contributed by atoms with E-state index >= 15 is 0 Å². The van der Waals surface area contributed by atoms with Gasteiger partial charge in [-0.05, 0) is 56.3 Å². The number of aromatic nitrogens is 3. The van der Waals surface area contributed by atoms with Crippen molar-refractivity contribution in [1.29, 1.82) is 0 Å². The van der Waals surface area contributed by atoms with Crippen LogP contribution >= 0.6 is 0 Å². The van der Waals surface area contributed by atoms with Crippen molar-refractivity contribution >= 4 is 22.8 Å². The zero-order chi connectivity index (χ0) is 17.8. The van der Waals surface area contributed by atoms with Crippen LogP contribution in [-0.4, -0.2) is 33.3 Å². The Kier molecular flexibility index (Phi) is 4.60. The standard InChI is InChI=1S/C17H17N5O3/c1-10(2)25-13-6-3-11(4-7-13)16(23)20-21-17(24)12-5-8-14-15(9-12)19-22-18-14/h3-10H,1-2H3,(H,20,23)(H,21,24)(H,18,19,22). The number of nitrogens with one attached hydrogen (secondary N) is 3. The molecule has 0 saturated carbocycles. The molecule has 0 aliphatic carbocycles. The number of carbonyl (C=O) groups is 2. The topological polar surface area (TPSA) is 109 Å². The molecule has 0 saturated heterocycles. The summed E-state index contributed by atoms with van der Waals surface area (Å²) in [6.07, 6.45) is 0.0565. The molecule has 3 N–H and O–H groups in total. The summed E-state index contributed by atoms with van der Waals surface area (Å²) in [7, 11) is 0. The lowest BCUT2D eigenvalue weighted by atomic mass is 10.2. The zero-order valence-corrected chi connectivity index (χ0v) is 13.7. The van der Waals surface area contributed by atoms with E-state index in [1.807, 2.05) is 13.8 Å². The third kappa shape index (κ3) is 3.92. The van der Waals surface area contributed by atoms with E-state index in [-0.39, 0.29) is 6.10 Å². The lowest BCUT2D eigenvalue weighted by molar-refractivity contribution is 0.0846. The summed E-state index contributed by atoms with van der Waals surface area (Å²) in [4.78, 5) is 24.2. The van der Waals surface area contributed by atoms with Gasteiger partial charge in [-0.1, -0.05) is 0 Å². The van der Waals surface area contributed by atoms with Gasteiger partial charge >= 0.3 is 0 Å². The summed E-state index contributed by atoms with van der Waals surface area (Å²) < 4.78 is 5.52. The average Bonchev–Trinajstić information content (AvgIpc) is 3.07. The van der Waals surface area contributed by atoms with Gasteiger partial charge in [-0.3, -0.25) is 20.4 Å². The molecule has 1 heterocycles. The SMILES string of the molecule is CC(C)Oc1ccc(C(=O)NNC(=O)c2ccc3n[nH]nc3c2)cc1. The highest BCUT2D eigenvalue weighted by Gasteiger charge is 2.11. The van der Waals surface area contributed by atoms with E-state index in [4.69, 9.17) is 4.74 Å². The summed E-state index contributed by atoms with van der Waals surface area (Å²) in [5, 5.41) is 10.3. The third-order valence-corrected chi connectivity index (χ3v) is 3.36. The van der Waals surface area contributed by atoms with Gasteiger partial charge in [-0.15, -0.1) is 0 Å². The lowest BCUT2D eigenvalue weighted by Gasteiger charge is -2.10. The van der Waals surface area contributed by atoms with Crippen molar-refractivity contribution in [1.82, 2.24) is 26.3 Å². The first-order valence-electron chi connectivity index (χ1n) is 7.71. The number of carbonyl (C=O) groups excluding carboxylic acids is 2. The van der Waals surface area contributed by atoms with E-state index in [2.05, 4.69) is 26.3 Å². The fourth-order valence-corrected chi connectivity index (χ4v) is 2.20. The van der Waals surface area contributed by atoms with Gasteiger partial charge in [0.1, 0.15) is 16.8 Å². The molecule has 3 aromatic rings. The number of benzene rings is 2. The Bertz CT molecular complexity index is 902. The quantitative estimate of drug-likeness (QED) is 0.628. The summed E-state index contributed by atoms with van der Waals surface area (Å²) in [5.41, 5.74) is 6.74. The highest BCUT2D eigenvalue weighted by atomic mass is 16.5. The minimum absolute atomic E-state index is 0.0565. The van der Waals surface area contributed by atoms with Crippen LogP contribution in [0, 0.1) is 0 Å². The zero-order valence-electron chi connectivity index (χ0n) is 13.7. The molecule has 0 spiro atoms. The molecule has 0 unspecified atom stereocenters. The van der Waals surface area contributed by atoms with Crippen LogP contribution in [-0.2, 0) is 0 Å². The van der Waals surface area contributed by atoms with Gasteiger partial charge in [0.05, 0.1) is 6.10 Å². The number of hydrazine groups is 1. The molecular formula is C17H17N5O3. The minimum Gasteiger partial charge on any atom is -0.491 e. The summed E-state index contributed by atoms with van der Waals surface area (Å²) in [6.45, 7) is 3.85. The highest BCUT2D eigenvalue weighted by Crippen LogP contribution is 2.14. The Hall–Kier alpha value is -3.42.